The second-order valence-corrected chi connectivity index (χ2v) is 24.9. The number of anilines is 1. The molecule has 9 rings (SSSR count). The molecule has 0 aromatic heterocycles. The Bertz CT molecular complexity index is 3530. The van der Waals surface area contributed by atoms with Crippen LogP contribution in [0.1, 0.15) is 120 Å². The number of nitrogens with two attached hydrogens (primary N) is 1. The summed E-state index contributed by atoms with van der Waals surface area (Å²) >= 11 is 0. The molecule has 6 atom stereocenters. The van der Waals surface area contributed by atoms with Crippen LogP contribution in [0.3, 0.4) is 0 Å². The third-order valence-electron chi connectivity index (χ3n) is 16.2. The van der Waals surface area contributed by atoms with E-state index in [1.807, 2.05) is 55.0 Å². The fraction of sp³-hybridized carbons (Fsp3) is 0.409. The molecule has 0 saturated carbocycles. The molecule has 458 valence electrons. The number of rotatable bonds is 23. The summed E-state index contributed by atoms with van der Waals surface area (Å²) in [6, 6.07) is 19.1. The molecule has 0 aliphatic carbocycles. The number of carbonyl (C=O) groups excluding carboxylic acids is 7. The summed E-state index contributed by atoms with van der Waals surface area (Å²) in [7, 11) is 4.71. The Morgan fingerprint density at radius 1 is 0.655 bits per heavy atom. The van der Waals surface area contributed by atoms with Crippen LogP contribution < -0.4 is 45.4 Å². The number of fused-ring (bicyclic) bond motifs is 4. The largest absolute Gasteiger partial charge is 0.497 e. The fourth-order valence-electron chi connectivity index (χ4n) is 11.8. The second-order valence-electron chi connectivity index (χ2n) is 24.9. The molecule has 6 unspecified atom stereocenters. The van der Waals surface area contributed by atoms with E-state index >= 15 is 0 Å². The number of nitrogens with one attached hydrogen (secondary N) is 3. The van der Waals surface area contributed by atoms with E-state index in [1.165, 1.54) is 21.0 Å². The Morgan fingerprint density at radius 3 is 1.66 bits per heavy atom. The average Bonchev–Trinajstić information content (AvgIpc) is 2.19. The predicted molar refractivity (Wildman–Crippen MR) is 331 cm³/mol. The summed E-state index contributed by atoms with van der Waals surface area (Å²) < 4.78 is 29.7. The number of benzene rings is 4. The zero-order chi connectivity index (χ0) is 62.9. The molecule has 87 heavy (non-hydrogen) atoms. The molecular weight excluding hydrogens is 1110 g/mol. The minimum atomic E-state index is -1.59. The van der Waals surface area contributed by atoms with Crippen molar-refractivity contribution in [2.45, 2.75) is 123 Å². The van der Waals surface area contributed by atoms with Crippen molar-refractivity contribution in [2.24, 2.45) is 33.0 Å². The van der Waals surface area contributed by atoms with Crippen molar-refractivity contribution in [3.05, 3.63) is 120 Å². The first-order valence-corrected chi connectivity index (χ1v) is 29.1. The van der Waals surface area contributed by atoms with Crippen LogP contribution in [-0.2, 0) is 24.0 Å². The highest BCUT2D eigenvalue weighted by atomic mass is 16.5. The van der Waals surface area contributed by atoms with Crippen molar-refractivity contribution in [3.63, 3.8) is 0 Å². The summed E-state index contributed by atoms with van der Waals surface area (Å²) in [6.07, 6.45) is 11.4. The lowest BCUT2D eigenvalue weighted by Gasteiger charge is -2.39. The Morgan fingerprint density at radius 2 is 1.16 bits per heavy atom. The summed E-state index contributed by atoms with van der Waals surface area (Å²) in [4.78, 5) is 108. The number of hydrogen-bond donors (Lipinski definition) is 4. The number of ether oxygens (including phenoxy) is 5. The number of imide groups is 1. The van der Waals surface area contributed by atoms with Crippen molar-refractivity contribution < 1.29 is 57.2 Å². The lowest BCUT2D eigenvalue weighted by Crippen LogP contribution is -2.63. The van der Waals surface area contributed by atoms with Crippen molar-refractivity contribution in [1.29, 1.82) is 0 Å². The maximum atomic E-state index is 14.3. The van der Waals surface area contributed by atoms with E-state index in [2.05, 4.69) is 36.7 Å². The Balaban J connectivity index is 0.763. The van der Waals surface area contributed by atoms with E-state index in [-0.39, 0.29) is 41.7 Å². The molecule has 0 spiro atoms. The molecule has 0 bridgehead atoms. The number of carbonyl (C=O) groups is 7. The van der Waals surface area contributed by atoms with Crippen molar-refractivity contribution in [1.82, 2.24) is 25.3 Å². The van der Waals surface area contributed by atoms with Gasteiger partial charge in [-0.3, -0.25) is 48.4 Å². The predicted octanol–water partition coefficient (Wildman–Crippen LogP) is 8.56. The first kappa shape index (κ1) is 62.4. The van der Waals surface area contributed by atoms with E-state index in [9.17, 15) is 33.6 Å². The van der Waals surface area contributed by atoms with E-state index in [0.29, 0.717) is 77.2 Å². The second kappa shape index (κ2) is 25.1. The van der Waals surface area contributed by atoms with Gasteiger partial charge in [0, 0.05) is 73.2 Å². The van der Waals surface area contributed by atoms with Gasteiger partial charge in [0.25, 0.3) is 23.6 Å². The molecular formula is C66H77N9O12. The number of hydrogen-bond acceptors (Lipinski definition) is 15. The van der Waals surface area contributed by atoms with E-state index in [1.54, 1.807) is 94.3 Å². The molecule has 5 aliphatic heterocycles. The zero-order valence-corrected chi connectivity index (χ0v) is 51.3. The number of methoxy groups -OCH3 is 3. The van der Waals surface area contributed by atoms with Crippen LogP contribution in [0.4, 0.5) is 17.1 Å². The maximum Gasteiger partial charge on any atom is 0.260 e. The van der Waals surface area contributed by atoms with Gasteiger partial charge in [0.1, 0.15) is 17.8 Å². The van der Waals surface area contributed by atoms with Crippen LogP contribution >= 0.6 is 0 Å². The molecule has 21 heteroatoms. The van der Waals surface area contributed by atoms with Gasteiger partial charge in [0.2, 0.25) is 17.7 Å². The highest BCUT2D eigenvalue weighted by Gasteiger charge is 2.45. The fourth-order valence-corrected chi connectivity index (χ4v) is 11.8. The summed E-state index contributed by atoms with van der Waals surface area (Å²) in [5.74, 6) is -1.01. The third-order valence-corrected chi connectivity index (χ3v) is 16.2. The van der Waals surface area contributed by atoms with Crippen molar-refractivity contribution in [2.75, 3.05) is 39.9 Å². The van der Waals surface area contributed by atoms with Gasteiger partial charge >= 0.3 is 0 Å². The molecule has 5 aliphatic rings. The molecule has 7 amide bonds. The van der Waals surface area contributed by atoms with E-state index in [0.717, 1.165) is 51.5 Å². The van der Waals surface area contributed by atoms with Gasteiger partial charge in [-0.05, 0) is 116 Å². The first-order chi connectivity index (χ1) is 41.2. The van der Waals surface area contributed by atoms with Gasteiger partial charge in [-0.1, -0.05) is 58.9 Å². The first-order valence-electron chi connectivity index (χ1n) is 29.1. The van der Waals surface area contributed by atoms with Gasteiger partial charge in [-0.15, -0.1) is 0 Å². The highest BCUT2D eigenvalue weighted by molar-refractivity contribution is 6.13. The SMILES string of the molecule is COc1ccc(C2=CN3C(=O)c4cc(OC)c(OCC(C)CC(C)(C)COc5cc6c(cc5OC)C(=O)N5C=C(c7ccc(NC(=O)C(C)NC(=O)C(NC(=O)C(C)(N)CC(C)(C)N8C(=O)C=CC8=O)C(C)C)cc7)CC5C=N6)cc4N=CC3C2)cc1. The van der Waals surface area contributed by atoms with Crippen LogP contribution in [-0.4, -0.2) is 138 Å². The van der Waals surface area contributed by atoms with Crippen LogP contribution in [0.25, 0.3) is 11.1 Å². The Labute approximate surface area is 507 Å². The monoisotopic (exact) mass is 1190 g/mol. The van der Waals surface area contributed by atoms with Gasteiger partial charge in [0.15, 0.2) is 23.0 Å². The molecule has 4 aromatic rings. The van der Waals surface area contributed by atoms with Crippen molar-refractivity contribution >= 4 is 82.0 Å². The topological polar surface area (TPSA) is 262 Å². The molecule has 0 fully saturated rings. The number of nitrogens with zero attached hydrogens (tertiary/aromatic N) is 5. The summed E-state index contributed by atoms with van der Waals surface area (Å²) in [6.45, 7) is 16.7. The molecule has 21 nitrogen and oxygen atoms in total. The summed E-state index contributed by atoms with van der Waals surface area (Å²) in [5, 5.41) is 8.24. The van der Waals surface area contributed by atoms with Gasteiger partial charge in [-0.2, -0.15) is 0 Å². The highest BCUT2D eigenvalue weighted by Crippen LogP contribution is 2.43. The molecule has 4 aromatic carbocycles. The average molecular weight is 1190 g/mol. The molecule has 5 heterocycles. The Kier molecular flexibility index (Phi) is 18.0. The standard InChI is InChI=1S/C66H77N9O12/c1-37(2)58(72-63(82)66(9,67)35-65(7,8)75-56(76)21-22-57(75)77)60(79)70-39(4)59(78)71-44-17-13-40(14-18-44)42-23-45-31-69-51-28-55(53(85-12)26-49(51)62(81)73(45)32-42)87-36-64(5,6)29-38(3)34-86-54-27-50-48(25-52(54)84-11)61(80)74-33-43(24-46(74)30-68-50)41-15-19-47(83-10)20-16-41/h13-22,25-28,30-33,37-39,45-46,58H,23-24,29,34-36,67H2,1-12H3,(H,70,79)(H,71,78)(H,72,82). The quantitative estimate of drug-likeness (QED) is 0.0508. The van der Waals surface area contributed by atoms with E-state index < -0.39 is 58.6 Å². The minimum Gasteiger partial charge on any atom is -0.497 e. The Hall–Kier alpha value is -9.11. The van der Waals surface area contributed by atoms with Crippen LogP contribution in [0.5, 0.6) is 28.7 Å². The third kappa shape index (κ3) is 13.6. The summed E-state index contributed by atoms with van der Waals surface area (Å²) in [5.41, 5.74) is 9.40. The van der Waals surface area contributed by atoms with Crippen LogP contribution in [0.2, 0.25) is 0 Å². The van der Waals surface area contributed by atoms with Crippen LogP contribution in [0.15, 0.2) is 107 Å². The number of aliphatic imine (C=N–C) groups is 2. The molecule has 0 saturated heterocycles. The normalized spacial score (nSPS) is 18.7. The molecule has 5 N–H and O–H groups in total. The van der Waals surface area contributed by atoms with Gasteiger partial charge < -0.3 is 55.2 Å². The maximum absolute atomic E-state index is 14.3. The van der Waals surface area contributed by atoms with Gasteiger partial charge in [-0.25, -0.2) is 0 Å². The lowest BCUT2D eigenvalue weighted by molar-refractivity contribution is -0.145. The lowest BCUT2D eigenvalue weighted by atomic mass is 9.84. The zero-order valence-electron chi connectivity index (χ0n) is 51.3. The smallest absolute Gasteiger partial charge is 0.260 e. The van der Waals surface area contributed by atoms with Crippen molar-refractivity contribution in [3.8, 4) is 28.7 Å². The van der Waals surface area contributed by atoms with Crippen LogP contribution in [0, 0.1) is 17.3 Å². The number of amides is 7. The minimum absolute atomic E-state index is 0.0697. The van der Waals surface area contributed by atoms with Gasteiger partial charge in [0.05, 0.1) is 74.7 Å². The molecule has 0 radical (unpaired) electrons. The van der Waals surface area contributed by atoms with E-state index in [4.69, 9.17) is 39.4 Å².